The molecule has 0 fully saturated rings. The lowest BCUT2D eigenvalue weighted by Crippen LogP contribution is -2.23. The number of nitrogens with zero attached hydrogens (tertiary/aromatic N) is 5. The monoisotopic (exact) mass is 591 g/mol. The highest BCUT2D eigenvalue weighted by Gasteiger charge is 2.15. The number of rotatable bonds is 9. The highest BCUT2D eigenvalue weighted by Crippen LogP contribution is 2.25. The zero-order valence-corrected chi connectivity index (χ0v) is 26.4. The summed E-state index contributed by atoms with van der Waals surface area (Å²) in [6.07, 6.45) is 19.7. The van der Waals surface area contributed by atoms with Crippen molar-refractivity contribution in [3.63, 3.8) is 0 Å². The number of aromatic nitrogens is 4. The van der Waals surface area contributed by atoms with E-state index in [2.05, 4.69) is 171 Å². The molecule has 1 unspecified atom stereocenters. The zero-order chi connectivity index (χ0) is 30.8. The first-order valence-corrected chi connectivity index (χ1v) is 15.8. The maximum Gasteiger partial charge on any atom is 0.248 e. The first kappa shape index (κ1) is 28.6. The standard InChI is InChI=1S/C40H41N5/c1-41-17-16-38(28-41)37-10-4-31(5-11-37)22-34-25-35(23-32-6-12-39(13-7-32)44-20-18-42(2)29-44)27-36(26-34)24-33-8-14-40(15-9-33)45-21-19-43(3)30-45/h4-21,25-27,29-30,38H,22-24,28H2,1-3H3/q+2. The molecule has 1 aliphatic rings. The van der Waals surface area contributed by atoms with Gasteiger partial charge in [0, 0.05) is 19.5 Å². The van der Waals surface area contributed by atoms with E-state index in [-0.39, 0.29) is 0 Å². The third-order valence-electron chi connectivity index (χ3n) is 8.81. The number of aryl methyl sites for hydroxylation is 2. The molecule has 0 N–H and O–H groups in total. The van der Waals surface area contributed by atoms with Crippen molar-refractivity contribution < 1.29 is 9.13 Å². The van der Waals surface area contributed by atoms with Gasteiger partial charge in [0.1, 0.15) is 36.2 Å². The van der Waals surface area contributed by atoms with Crippen molar-refractivity contribution in [2.75, 3.05) is 13.6 Å². The maximum absolute atomic E-state index is 2.40. The molecule has 1 aliphatic heterocycles. The molecule has 5 heteroatoms. The fraction of sp³-hybridized carbons (Fsp3) is 0.200. The summed E-state index contributed by atoms with van der Waals surface area (Å²) in [6.45, 7) is 1.06. The highest BCUT2D eigenvalue weighted by molar-refractivity contribution is 5.42. The Morgan fingerprint density at radius 2 is 1.00 bits per heavy atom. The summed E-state index contributed by atoms with van der Waals surface area (Å²) >= 11 is 0. The fourth-order valence-corrected chi connectivity index (χ4v) is 6.41. The molecule has 0 amide bonds. The molecular weight excluding hydrogens is 550 g/mol. The van der Waals surface area contributed by atoms with Gasteiger partial charge in [-0.3, -0.25) is 0 Å². The van der Waals surface area contributed by atoms with Crippen LogP contribution in [0, 0.1) is 0 Å². The molecule has 6 aromatic rings. The highest BCUT2D eigenvalue weighted by atomic mass is 15.1. The summed E-state index contributed by atoms with van der Waals surface area (Å²) in [5.74, 6) is 0.484. The van der Waals surface area contributed by atoms with Gasteiger partial charge in [-0.2, -0.15) is 0 Å². The number of benzene rings is 4. The lowest BCUT2D eigenvalue weighted by molar-refractivity contribution is -0.670. The van der Waals surface area contributed by atoms with Crippen LogP contribution in [0.1, 0.15) is 44.9 Å². The second kappa shape index (κ2) is 12.4. The van der Waals surface area contributed by atoms with Crippen molar-refractivity contribution in [2.24, 2.45) is 14.1 Å². The van der Waals surface area contributed by atoms with E-state index in [1.54, 1.807) is 0 Å². The Morgan fingerprint density at radius 3 is 1.36 bits per heavy atom. The molecule has 1 atom stereocenters. The van der Waals surface area contributed by atoms with Crippen molar-refractivity contribution in [1.82, 2.24) is 14.0 Å². The van der Waals surface area contributed by atoms with Crippen LogP contribution in [0.2, 0.25) is 0 Å². The first-order chi connectivity index (χ1) is 21.9. The topological polar surface area (TPSA) is 20.9 Å². The van der Waals surface area contributed by atoms with E-state index in [1.165, 1.54) is 50.3 Å². The Balaban J connectivity index is 1.13. The molecule has 45 heavy (non-hydrogen) atoms. The van der Waals surface area contributed by atoms with E-state index in [0.29, 0.717) is 5.92 Å². The van der Waals surface area contributed by atoms with E-state index in [4.69, 9.17) is 0 Å². The van der Waals surface area contributed by atoms with Crippen LogP contribution in [0.5, 0.6) is 0 Å². The molecule has 0 bridgehead atoms. The van der Waals surface area contributed by atoms with Gasteiger partial charge in [0.2, 0.25) is 12.7 Å². The van der Waals surface area contributed by atoms with Crippen LogP contribution in [-0.2, 0) is 33.4 Å². The number of likely N-dealkylation sites (N-methyl/N-ethyl adjacent to an activating group) is 1. The molecule has 4 aromatic carbocycles. The van der Waals surface area contributed by atoms with Crippen LogP contribution in [0.15, 0.2) is 141 Å². The predicted octanol–water partition coefficient (Wildman–Crippen LogP) is 6.23. The number of imidazole rings is 2. The molecule has 7 rings (SSSR count). The molecule has 0 aliphatic carbocycles. The maximum atomic E-state index is 2.40. The van der Waals surface area contributed by atoms with Gasteiger partial charge in [-0.1, -0.05) is 72.8 Å². The van der Waals surface area contributed by atoms with E-state index in [1.807, 2.05) is 14.1 Å². The minimum absolute atomic E-state index is 0.484. The van der Waals surface area contributed by atoms with E-state index in [0.717, 1.165) is 25.8 Å². The second-order valence-corrected chi connectivity index (χ2v) is 12.6. The first-order valence-electron chi connectivity index (χ1n) is 15.8. The molecular formula is C40H41N5+2. The lowest BCUT2D eigenvalue weighted by atomic mass is 9.93. The van der Waals surface area contributed by atoms with Gasteiger partial charge >= 0.3 is 0 Å². The van der Waals surface area contributed by atoms with Crippen molar-refractivity contribution in [1.29, 1.82) is 0 Å². The molecule has 0 saturated heterocycles. The van der Waals surface area contributed by atoms with Crippen LogP contribution in [0.25, 0.3) is 11.4 Å². The Labute approximate surface area is 266 Å². The third kappa shape index (κ3) is 6.83. The number of hydrogen-bond donors (Lipinski definition) is 0. The minimum atomic E-state index is 0.484. The summed E-state index contributed by atoms with van der Waals surface area (Å²) in [6, 6.07) is 34.3. The summed E-state index contributed by atoms with van der Waals surface area (Å²) in [4.78, 5) is 2.26. The average molecular weight is 592 g/mol. The van der Waals surface area contributed by atoms with Gasteiger partial charge in [-0.15, -0.1) is 0 Å². The van der Waals surface area contributed by atoms with Gasteiger partial charge in [-0.25, -0.2) is 18.3 Å². The Hall–Kier alpha value is -5.16. The van der Waals surface area contributed by atoms with Gasteiger partial charge in [0.25, 0.3) is 0 Å². The Bertz CT molecular complexity index is 1820. The molecule has 0 radical (unpaired) electrons. The van der Waals surface area contributed by atoms with Crippen LogP contribution >= 0.6 is 0 Å². The largest absolute Gasteiger partial charge is 0.380 e. The van der Waals surface area contributed by atoms with Gasteiger partial charge in [0.05, 0.1) is 14.1 Å². The van der Waals surface area contributed by atoms with E-state index < -0.39 is 0 Å². The van der Waals surface area contributed by atoms with Crippen molar-refractivity contribution >= 4 is 0 Å². The Kier molecular flexibility index (Phi) is 7.91. The normalized spacial score (nSPS) is 14.4. The summed E-state index contributed by atoms with van der Waals surface area (Å²) in [7, 11) is 6.24. The third-order valence-corrected chi connectivity index (χ3v) is 8.81. The van der Waals surface area contributed by atoms with Crippen LogP contribution in [-0.4, -0.2) is 27.6 Å². The lowest BCUT2D eigenvalue weighted by Gasteiger charge is -2.14. The number of hydrogen-bond acceptors (Lipinski definition) is 1. The smallest absolute Gasteiger partial charge is 0.248 e. The van der Waals surface area contributed by atoms with Crippen LogP contribution in [0.4, 0.5) is 0 Å². The zero-order valence-electron chi connectivity index (χ0n) is 26.4. The van der Waals surface area contributed by atoms with Crippen molar-refractivity contribution in [3.8, 4) is 11.4 Å². The quantitative estimate of drug-likeness (QED) is 0.183. The van der Waals surface area contributed by atoms with E-state index in [9.17, 15) is 0 Å². The van der Waals surface area contributed by atoms with Crippen LogP contribution < -0.4 is 9.13 Å². The minimum Gasteiger partial charge on any atom is -0.380 e. The second-order valence-electron chi connectivity index (χ2n) is 12.6. The molecule has 5 nitrogen and oxygen atoms in total. The average Bonchev–Trinajstić information content (AvgIpc) is 3.80. The summed E-state index contributed by atoms with van der Waals surface area (Å²) in [5.41, 5.74) is 11.8. The molecule has 224 valence electrons. The summed E-state index contributed by atoms with van der Waals surface area (Å²) in [5, 5.41) is 0. The van der Waals surface area contributed by atoms with E-state index >= 15 is 0 Å². The summed E-state index contributed by atoms with van der Waals surface area (Å²) < 4.78 is 8.42. The van der Waals surface area contributed by atoms with Gasteiger partial charge in [-0.05, 0) is 88.7 Å². The molecule has 0 spiro atoms. The predicted molar refractivity (Wildman–Crippen MR) is 180 cm³/mol. The molecule has 2 aromatic heterocycles. The van der Waals surface area contributed by atoms with Crippen molar-refractivity contribution in [3.05, 3.63) is 180 Å². The molecule has 3 heterocycles. The SMILES string of the molecule is CN1C=CC(c2ccc(Cc3cc(Cc4ccc(-n5cc[n+](C)c5)cc4)cc(Cc4ccc(-n5cc[n+](C)c5)cc4)c3)cc2)C1. The van der Waals surface area contributed by atoms with Gasteiger partial charge in [0.15, 0.2) is 0 Å². The Morgan fingerprint density at radius 1 is 0.578 bits per heavy atom. The molecule has 0 saturated carbocycles. The van der Waals surface area contributed by atoms with Gasteiger partial charge < -0.3 is 4.90 Å². The van der Waals surface area contributed by atoms with Crippen molar-refractivity contribution in [2.45, 2.75) is 25.2 Å². The van der Waals surface area contributed by atoms with Crippen LogP contribution in [0.3, 0.4) is 0 Å². The fourth-order valence-electron chi connectivity index (χ4n) is 6.41.